The summed E-state index contributed by atoms with van der Waals surface area (Å²) in [4.78, 5) is 50.6. The van der Waals surface area contributed by atoms with Gasteiger partial charge in [-0.1, -0.05) is 40.2 Å². The molecule has 184 valence electrons. The first-order valence-electron chi connectivity index (χ1n) is 11.8. The molecule has 1 saturated heterocycles. The molecule has 3 aliphatic heterocycles. The average Bonchev–Trinajstić information content (AvgIpc) is 3.29. The molecule has 5 rings (SSSR count). The van der Waals surface area contributed by atoms with Crippen LogP contribution in [0, 0.1) is 0 Å². The lowest BCUT2D eigenvalue weighted by Crippen LogP contribution is -2.39. The molecule has 1 atom stereocenters. The van der Waals surface area contributed by atoms with E-state index < -0.39 is 0 Å². The molecule has 4 amide bonds. The number of halogens is 1. The van der Waals surface area contributed by atoms with Crippen molar-refractivity contribution >= 4 is 39.6 Å². The van der Waals surface area contributed by atoms with E-state index in [0.29, 0.717) is 35.3 Å². The maximum Gasteiger partial charge on any atom is 0.261 e. The molecule has 3 aliphatic rings. The van der Waals surface area contributed by atoms with E-state index in [-0.39, 0.29) is 29.7 Å². The normalized spacial score (nSPS) is 18.9. The lowest BCUT2D eigenvalue weighted by molar-refractivity contribution is 0.0207. The Bertz CT molecular complexity index is 1050. The van der Waals surface area contributed by atoms with Crippen molar-refractivity contribution in [2.75, 3.05) is 38.1 Å². The van der Waals surface area contributed by atoms with E-state index in [2.05, 4.69) is 21.2 Å². The van der Waals surface area contributed by atoms with Crippen molar-refractivity contribution < 1.29 is 23.9 Å². The van der Waals surface area contributed by atoms with Crippen LogP contribution in [0.25, 0.3) is 0 Å². The molecule has 0 radical (unpaired) electrons. The highest BCUT2D eigenvalue weighted by Crippen LogP contribution is 2.23. The van der Waals surface area contributed by atoms with Crippen LogP contribution < -0.4 is 5.32 Å². The molecule has 0 bridgehead atoms. The van der Waals surface area contributed by atoms with E-state index in [9.17, 15) is 19.2 Å². The van der Waals surface area contributed by atoms with Gasteiger partial charge in [-0.3, -0.25) is 29.0 Å². The number of nitrogens with one attached hydrogen (secondary N) is 1. The van der Waals surface area contributed by atoms with E-state index in [1.165, 1.54) is 9.80 Å². The minimum Gasteiger partial charge on any atom is -0.376 e. The summed E-state index contributed by atoms with van der Waals surface area (Å²) in [6.07, 6.45) is 2.61. The third kappa shape index (κ3) is 5.52. The fourth-order valence-corrected chi connectivity index (χ4v) is 4.64. The van der Waals surface area contributed by atoms with Gasteiger partial charge in [-0.2, -0.15) is 0 Å². The Morgan fingerprint density at radius 2 is 1.23 bits per heavy atom. The van der Waals surface area contributed by atoms with Crippen LogP contribution in [0.15, 0.2) is 48.5 Å². The summed E-state index contributed by atoms with van der Waals surface area (Å²) < 4.78 is 5.61. The highest BCUT2D eigenvalue weighted by molar-refractivity contribution is 9.09. The standard InChI is InChI=1S/C15H18N2O3.C11H10BrNO2/c18-14-12-5-1-2-6-13(12)15(19)17(14)8-3-4-11-10-16-7-9-20-11;12-6-3-7-13-10(14)8-4-1-2-5-9(8)11(13)15/h1-2,5-6,11,16H,3-4,7-10H2;1-2,4-5H,3,6-7H2. The van der Waals surface area contributed by atoms with Gasteiger partial charge in [0.2, 0.25) is 0 Å². The van der Waals surface area contributed by atoms with Crippen LogP contribution >= 0.6 is 15.9 Å². The van der Waals surface area contributed by atoms with Crippen LogP contribution in [-0.4, -0.2) is 77.6 Å². The maximum atomic E-state index is 12.2. The predicted molar refractivity (Wildman–Crippen MR) is 134 cm³/mol. The van der Waals surface area contributed by atoms with E-state index in [0.717, 1.165) is 44.3 Å². The van der Waals surface area contributed by atoms with Crippen LogP contribution in [0.5, 0.6) is 0 Å². The summed E-state index contributed by atoms with van der Waals surface area (Å²) in [6, 6.07) is 13.9. The number of carbonyl (C=O) groups excluding carboxylic acids is 4. The van der Waals surface area contributed by atoms with Crippen molar-refractivity contribution in [3.63, 3.8) is 0 Å². The maximum absolute atomic E-state index is 12.2. The molecule has 0 spiro atoms. The first-order valence-corrected chi connectivity index (χ1v) is 12.9. The Balaban J connectivity index is 0.000000172. The molecule has 2 aromatic carbocycles. The Morgan fingerprint density at radius 1 is 0.771 bits per heavy atom. The summed E-state index contributed by atoms with van der Waals surface area (Å²) in [5, 5.41) is 4.06. The Labute approximate surface area is 212 Å². The number of amides is 4. The van der Waals surface area contributed by atoms with Crippen LogP contribution in [-0.2, 0) is 4.74 Å². The van der Waals surface area contributed by atoms with Crippen LogP contribution in [0.4, 0.5) is 0 Å². The van der Waals surface area contributed by atoms with Crippen LogP contribution in [0.1, 0.15) is 60.7 Å². The molecule has 0 aliphatic carbocycles. The Hall–Kier alpha value is -2.88. The quantitative estimate of drug-likeness (QED) is 0.427. The second kappa shape index (κ2) is 11.7. The molecule has 1 N–H and O–H groups in total. The topological polar surface area (TPSA) is 96.0 Å². The molecular weight excluding hydrogens is 514 g/mol. The third-order valence-corrected chi connectivity index (χ3v) is 6.74. The van der Waals surface area contributed by atoms with Gasteiger partial charge in [0.25, 0.3) is 23.6 Å². The zero-order chi connectivity index (χ0) is 24.8. The highest BCUT2D eigenvalue weighted by Gasteiger charge is 2.35. The largest absolute Gasteiger partial charge is 0.376 e. The van der Waals surface area contributed by atoms with Crippen molar-refractivity contribution in [3.8, 4) is 0 Å². The number of carbonyl (C=O) groups is 4. The second-order valence-electron chi connectivity index (χ2n) is 8.50. The number of alkyl halides is 1. The Kier molecular flexibility index (Phi) is 8.43. The first-order chi connectivity index (χ1) is 17.0. The summed E-state index contributed by atoms with van der Waals surface area (Å²) in [5.74, 6) is -0.685. The van der Waals surface area contributed by atoms with E-state index in [1.807, 2.05) is 0 Å². The van der Waals surface area contributed by atoms with Gasteiger partial charge >= 0.3 is 0 Å². The fraction of sp³-hybridized carbons (Fsp3) is 0.385. The predicted octanol–water partition coefficient (Wildman–Crippen LogP) is 3.12. The van der Waals surface area contributed by atoms with Crippen LogP contribution in [0.2, 0.25) is 0 Å². The molecule has 1 unspecified atom stereocenters. The zero-order valence-corrected chi connectivity index (χ0v) is 21.0. The number of imide groups is 2. The average molecular weight is 542 g/mol. The first kappa shape index (κ1) is 25.2. The molecule has 3 heterocycles. The lowest BCUT2D eigenvalue weighted by Gasteiger charge is -2.24. The zero-order valence-electron chi connectivity index (χ0n) is 19.4. The molecule has 1 fully saturated rings. The number of morpholine rings is 1. The summed E-state index contributed by atoms with van der Waals surface area (Å²) in [7, 11) is 0. The van der Waals surface area contributed by atoms with E-state index in [4.69, 9.17) is 4.74 Å². The third-order valence-electron chi connectivity index (χ3n) is 6.18. The number of ether oxygens (including phenoxy) is 1. The summed E-state index contributed by atoms with van der Waals surface area (Å²) in [5.41, 5.74) is 2.09. The number of hydrogen-bond donors (Lipinski definition) is 1. The van der Waals surface area contributed by atoms with Crippen molar-refractivity contribution in [2.24, 2.45) is 0 Å². The fourth-order valence-electron chi connectivity index (χ4n) is 4.38. The van der Waals surface area contributed by atoms with Gasteiger partial charge in [0, 0.05) is 31.5 Å². The number of nitrogens with zero attached hydrogens (tertiary/aromatic N) is 2. The van der Waals surface area contributed by atoms with Gasteiger partial charge in [0.05, 0.1) is 35.0 Å². The minimum atomic E-state index is -0.173. The highest BCUT2D eigenvalue weighted by atomic mass is 79.9. The molecule has 9 heteroatoms. The molecule has 0 aromatic heterocycles. The van der Waals surface area contributed by atoms with Crippen molar-refractivity contribution in [1.82, 2.24) is 15.1 Å². The minimum absolute atomic E-state index is 0.170. The van der Waals surface area contributed by atoms with Gasteiger partial charge in [-0.05, 0) is 43.5 Å². The second-order valence-corrected chi connectivity index (χ2v) is 9.29. The van der Waals surface area contributed by atoms with E-state index >= 15 is 0 Å². The van der Waals surface area contributed by atoms with Crippen molar-refractivity contribution in [1.29, 1.82) is 0 Å². The SMILES string of the molecule is O=C1c2ccccc2C(=O)N1CCCBr.O=C1c2ccccc2C(=O)N1CCCC1CNCCO1. The molecule has 2 aromatic rings. The van der Waals surface area contributed by atoms with Crippen molar-refractivity contribution in [2.45, 2.75) is 25.4 Å². The van der Waals surface area contributed by atoms with Crippen molar-refractivity contribution in [3.05, 3.63) is 70.8 Å². The van der Waals surface area contributed by atoms with Gasteiger partial charge in [-0.15, -0.1) is 0 Å². The van der Waals surface area contributed by atoms with Crippen LogP contribution in [0.3, 0.4) is 0 Å². The number of fused-ring (bicyclic) bond motifs is 2. The van der Waals surface area contributed by atoms with Gasteiger partial charge < -0.3 is 10.1 Å². The van der Waals surface area contributed by atoms with E-state index in [1.54, 1.807) is 48.5 Å². The summed E-state index contributed by atoms with van der Waals surface area (Å²) in [6.45, 7) is 3.43. The van der Waals surface area contributed by atoms with Gasteiger partial charge in [0.1, 0.15) is 0 Å². The molecule has 0 saturated carbocycles. The Morgan fingerprint density at radius 3 is 1.63 bits per heavy atom. The molecule has 8 nitrogen and oxygen atoms in total. The smallest absolute Gasteiger partial charge is 0.261 e. The number of benzene rings is 2. The van der Waals surface area contributed by atoms with Gasteiger partial charge in [0.15, 0.2) is 0 Å². The molecule has 35 heavy (non-hydrogen) atoms. The molecular formula is C26H28BrN3O5. The van der Waals surface area contributed by atoms with Gasteiger partial charge in [-0.25, -0.2) is 0 Å². The monoisotopic (exact) mass is 541 g/mol. The number of hydrogen-bond acceptors (Lipinski definition) is 6. The lowest BCUT2D eigenvalue weighted by atomic mass is 10.1. The summed E-state index contributed by atoms with van der Waals surface area (Å²) >= 11 is 3.28. The number of rotatable bonds is 7.